The molecule has 0 spiro atoms. The van der Waals surface area contributed by atoms with Crippen LogP contribution in [0.25, 0.3) is 0 Å². The second kappa shape index (κ2) is 8.75. The van der Waals surface area contributed by atoms with Gasteiger partial charge in [0.2, 0.25) is 11.0 Å². The van der Waals surface area contributed by atoms with Crippen molar-refractivity contribution in [3.63, 3.8) is 0 Å². The van der Waals surface area contributed by atoms with Gasteiger partial charge in [0.25, 0.3) is 0 Å². The van der Waals surface area contributed by atoms with E-state index >= 15 is 0 Å². The third-order valence-electron chi connectivity index (χ3n) is 2.91. The highest BCUT2D eigenvalue weighted by atomic mass is 32.2. The van der Waals surface area contributed by atoms with Crippen LogP contribution >= 0.6 is 23.1 Å². The number of carbonyl (C=O) groups excluding carboxylic acids is 1. The molecular formula is C15H20N4OS2. The minimum Gasteiger partial charge on any atom is -0.360 e. The molecule has 1 aromatic carbocycles. The van der Waals surface area contributed by atoms with Gasteiger partial charge in [0.15, 0.2) is 4.34 Å². The summed E-state index contributed by atoms with van der Waals surface area (Å²) in [6, 6.07) is 7.91. The number of rotatable bonds is 8. The second-order valence-corrected chi connectivity index (χ2v) is 6.89. The maximum atomic E-state index is 11.9. The molecule has 0 aliphatic carbocycles. The normalized spacial score (nSPS) is 10.5. The van der Waals surface area contributed by atoms with Crippen molar-refractivity contribution in [1.29, 1.82) is 0 Å². The van der Waals surface area contributed by atoms with Gasteiger partial charge in [-0.2, -0.15) is 0 Å². The molecule has 22 heavy (non-hydrogen) atoms. The van der Waals surface area contributed by atoms with E-state index in [1.54, 1.807) is 0 Å². The average Bonchev–Trinajstić information content (AvgIpc) is 2.99. The molecule has 0 bridgehead atoms. The highest BCUT2D eigenvalue weighted by Gasteiger charge is 2.08. The summed E-state index contributed by atoms with van der Waals surface area (Å²) in [7, 11) is 0. The summed E-state index contributed by atoms with van der Waals surface area (Å²) < 4.78 is 0.801. The predicted octanol–water partition coefficient (Wildman–Crippen LogP) is 3.65. The van der Waals surface area contributed by atoms with Crippen LogP contribution in [-0.4, -0.2) is 28.4 Å². The number of anilines is 2. The van der Waals surface area contributed by atoms with Crippen LogP contribution in [0, 0.1) is 0 Å². The first kappa shape index (κ1) is 16.8. The van der Waals surface area contributed by atoms with Crippen LogP contribution in [-0.2, 0) is 11.2 Å². The molecule has 2 N–H and O–H groups in total. The Bertz CT molecular complexity index is 598. The molecule has 0 saturated carbocycles. The average molecular weight is 336 g/mol. The van der Waals surface area contributed by atoms with Gasteiger partial charge in [0.05, 0.1) is 5.75 Å². The maximum Gasteiger partial charge on any atom is 0.234 e. The Morgan fingerprint density at radius 2 is 2.00 bits per heavy atom. The minimum atomic E-state index is -0.0347. The van der Waals surface area contributed by atoms with E-state index in [0.29, 0.717) is 5.75 Å². The summed E-state index contributed by atoms with van der Waals surface area (Å²) in [6.45, 7) is 5.09. The molecule has 2 rings (SSSR count). The van der Waals surface area contributed by atoms with E-state index in [-0.39, 0.29) is 5.91 Å². The Morgan fingerprint density at radius 1 is 1.23 bits per heavy atom. The Kier molecular flexibility index (Phi) is 6.67. The van der Waals surface area contributed by atoms with Gasteiger partial charge in [-0.15, -0.1) is 10.2 Å². The summed E-state index contributed by atoms with van der Waals surface area (Å²) in [4.78, 5) is 11.9. The fraction of sp³-hybridized carbons (Fsp3) is 0.400. The van der Waals surface area contributed by atoms with Crippen LogP contribution in [0.5, 0.6) is 0 Å². The van der Waals surface area contributed by atoms with Crippen LogP contribution in [0.3, 0.4) is 0 Å². The Balaban J connectivity index is 1.78. The van der Waals surface area contributed by atoms with Gasteiger partial charge < -0.3 is 10.6 Å². The Morgan fingerprint density at radius 3 is 2.68 bits per heavy atom. The van der Waals surface area contributed by atoms with E-state index in [1.165, 1.54) is 28.7 Å². The smallest absolute Gasteiger partial charge is 0.234 e. The van der Waals surface area contributed by atoms with Crippen molar-refractivity contribution in [3.05, 3.63) is 29.8 Å². The first-order valence-corrected chi connectivity index (χ1v) is 9.10. The summed E-state index contributed by atoms with van der Waals surface area (Å²) in [5, 5.41) is 15.0. The third-order valence-corrected chi connectivity index (χ3v) is 4.92. The molecule has 1 amide bonds. The van der Waals surface area contributed by atoms with Gasteiger partial charge in [-0.05, 0) is 30.5 Å². The van der Waals surface area contributed by atoms with Crippen LogP contribution in [0.15, 0.2) is 28.6 Å². The molecule has 0 fully saturated rings. The van der Waals surface area contributed by atoms with Gasteiger partial charge in [0, 0.05) is 12.2 Å². The number of benzene rings is 1. The van der Waals surface area contributed by atoms with Crippen molar-refractivity contribution in [2.24, 2.45) is 0 Å². The lowest BCUT2D eigenvalue weighted by molar-refractivity contribution is -0.113. The number of nitrogens with zero attached hydrogens (tertiary/aromatic N) is 2. The van der Waals surface area contributed by atoms with Crippen molar-refractivity contribution in [2.45, 2.75) is 31.0 Å². The maximum absolute atomic E-state index is 11.9. The topological polar surface area (TPSA) is 66.9 Å². The SMILES string of the molecule is CCCNc1nnc(SCC(=O)Nc2ccc(CC)cc2)s1. The van der Waals surface area contributed by atoms with Crippen LogP contribution in [0.2, 0.25) is 0 Å². The van der Waals surface area contributed by atoms with E-state index < -0.39 is 0 Å². The van der Waals surface area contributed by atoms with Crippen molar-refractivity contribution in [3.8, 4) is 0 Å². The molecule has 0 unspecified atom stereocenters. The number of aryl methyl sites for hydroxylation is 1. The van der Waals surface area contributed by atoms with Gasteiger partial charge in [-0.3, -0.25) is 4.79 Å². The fourth-order valence-electron chi connectivity index (χ4n) is 1.72. The molecule has 0 aliphatic rings. The molecule has 7 heteroatoms. The number of aromatic nitrogens is 2. The quantitative estimate of drug-likeness (QED) is 0.720. The number of hydrogen-bond acceptors (Lipinski definition) is 6. The van der Waals surface area contributed by atoms with Crippen molar-refractivity contribution in [2.75, 3.05) is 22.9 Å². The molecule has 2 aromatic rings. The molecule has 5 nitrogen and oxygen atoms in total. The zero-order valence-electron chi connectivity index (χ0n) is 12.8. The molecule has 0 aliphatic heterocycles. The lowest BCUT2D eigenvalue weighted by Crippen LogP contribution is -2.13. The largest absolute Gasteiger partial charge is 0.360 e. The predicted molar refractivity (Wildman–Crippen MR) is 93.9 cm³/mol. The third kappa shape index (κ3) is 5.31. The highest BCUT2D eigenvalue weighted by Crippen LogP contribution is 2.25. The van der Waals surface area contributed by atoms with Crippen LogP contribution in [0.1, 0.15) is 25.8 Å². The number of thioether (sulfide) groups is 1. The van der Waals surface area contributed by atoms with E-state index in [4.69, 9.17) is 0 Å². The molecule has 0 radical (unpaired) electrons. The molecule has 1 heterocycles. The minimum absolute atomic E-state index is 0.0347. The molecule has 0 atom stereocenters. The zero-order chi connectivity index (χ0) is 15.8. The lowest BCUT2D eigenvalue weighted by Gasteiger charge is -2.05. The molecule has 0 saturated heterocycles. The van der Waals surface area contributed by atoms with E-state index in [9.17, 15) is 4.79 Å². The van der Waals surface area contributed by atoms with Crippen molar-refractivity contribution >= 4 is 39.8 Å². The fourth-order valence-corrected chi connectivity index (χ4v) is 3.30. The Labute approximate surface area is 138 Å². The second-order valence-electron chi connectivity index (χ2n) is 4.69. The highest BCUT2D eigenvalue weighted by molar-refractivity contribution is 8.01. The molecule has 1 aromatic heterocycles. The summed E-state index contributed by atoms with van der Waals surface area (Å²) >= 11 is 2.88. The van der Waals surface area contributed by atoms with E-state index in [0.717, 1.165) is 34.5 Å². The number of carbonyl (C=O) groups is 1. The van der Waals surface area contributed by atoms with Gasteiger partial charge in [0.1, 0.15) is 0 Å². The lowest BCUT2D eigenvalue weighted by atomic mass is 10.1. The first-order chi connectivity index (χ1) is 10.7. The van der Waals surface area contributed by atoms with Gasteiger partial charge in [-0.1, -0.05) is 49.1 Å². The van der Waals surface area contributed by atoms with Crippen LogP contribution < -0.4 is 10.6 Å². The number of nitrogens with one attached hydrogen (secondary N) is 2. The first-order valence-electron chi connectivity index (χ1n) is 7.30. The molecule has 118 valence electrons. The number of amides is 1. The van der Waals surface area contributed by atoms with Gasteiger partial charge in [-0.25, -0.2) is 0 Å². The van der Waals surface area contributed by atoms with Gasteiger partial charge >= 0.3 is 0 Å². The van der Waals surface area contributed by atoms with Crippen molar-refractivity contribution in [1.82, 2.24) is 10.2 Å². The van der Waals surface area contributed by atoms with E-state index in [1.807, 2.05) is 24.3 Å². The Hall–Kier alpha value is -1.60. The standard InChI is InChI=1S/C15H20N4OS2/c1-3-9-16-14-18-19-15(22-14)21-10-13(20)17-12-7-5-11(4-2)6-8-12/h5-8H,3-4,9-10H2,1-2H3,(H,16,18)(H,17,20). The van der Waals surface area contributed by atoms with E-state index in [2.05, 4.69) is 34.7 Å². The summed E-state index contributed by atoms with van der Waals surface area (Å²) in [6.07, 6.45) is 2.04. The van der Waals surface area contributed by atoms with Crippen molar-refractivity contribution < 1.29 is 4.79 Å². The summed E-state index contributed by atoms with van der Waals surface area (Å²) in [5.41, 5.74) is 2.08. The van der Waals surface area contributed by atoms with Crippen LogP contribution in [0.4, 0.5) is 10.8 Å². The molecular weight excluding hydrogens is 316 g/mol. The summed E-state index contributed by atoms with van der Waals surface area (Å²) in [5.74, 6) is 0.297. The monoisotopic (exact) mass is 336 g/mol. The zero-order valence-corrected chi connectivity index (χ0v) is 14.4. The number of hydrogen-bond donors (Lipinski definition) is 2.